The van der Waals surface area contributed by atoms with E-state index in [9.17, 15) is 9.59 Å². The Balaban J connectivity index is 1.87. The fraction of sp³-hybridized carbons (Fsp3) is 0.429. The summed E-state index contributed by atoms with van der Waals surface area (Å²) in [5, 5.41) is 11.9. The fourth-order valence-corrected chi connectivity index (χ4v) is 4.36. The Labute approximate surface area is 195 Å². The van der Waals surface area contributed by atoms with Crippen LogP contribution in [-0.4, -0.2) is 75.7 Å². The number of aliphatic hydroxyl groups is 1. The molecule has 2 N–H and O–H groups in total. The lowest BCUT2D eigenvalue weighted by Crippen LogP contribution is -2.29. The Kier molecular flexibility index (Phi) is 9.18. The molecule has 9 nitrogen and oxygen atoms in total. The van der Waals surface area contributed by atoms with Gasteiger partial charge >= 0.3 is 0 Å². The van der Waals surface area contributed by atoms with Crippen molar-refractivity contribution < 1.29 is 19.4 Å². The number of carbonyl (C=O) groups excluding carboxylic acids is 1. The zero-order valence-electron chi connectivity index (χ0n) is 17.8. The molecule has 172 valence electrons. The van der Waals surface area contributed by atoms with E-state index in [0.29, 0.717) is 60.0 Å². The first-order chi connectivity index (χ1) is 15.6. The molecular weight excluding hydrogens is 452 g/mol. The van der Waals surface area contributed by atoms with E-state index in [1.165, 1.54) is 21.1 Å². The molecule has 1 aliphatic rings. The maximum Gasteiger partial charge on any atom is 0.267 e. The van der Waals surface area contributed by atoms with E-state index in [4.69, 9.17) is 26.8 Å². The number of ether oxygens (including phenoxy) is 2. The van der Waals surface area contributed by atoms with Crippen molar-refractivity contribution >= 4 is 51.7 Å². The van der Waals surface area contributed by atoms with Crippen LogP contribution in [0.15, 0.2) is 34.1 Å². The highest BCUT2D eigenvalue weighted by Gasteiger charge is 2.32. The number of aliphatic hydroxyl groups excluding tert-OH is 1. The predicted octanol–water partition coefficient (Wildman–Crippen LogP) is 1.74. The number of hydrogen-bond donors (Lipinski definition) is 2. The van der Waals surface area contributed by atoms with Crippen LogP contribution in [0, 0.1) is 0 Å². The first-order valence-electron chi connectivity index (χ1n) is 10.3. The van der Waals surface area contributed by atoms with Crippen molar-refractivity contribution in [3.05, 3.63) is 45.2 Å². The van der Waals surface area contributed by atoms with Gasteiger partial charge < -0.3 is 19.9 Å². The van der Waals surface area contributed by atoms with Gasteiger partial charge in [-0.2, -0.15) is 0 Å². The number of thioether (sulfide) groups is 1. The van der Waals surface area contributed by atoms with Gasteiger partial charge in [-0.25, -0.2) is 4.98 Å². The number of fused-ring (bicyclic) bond motifs is 1. The largest absolute Gasteiger partial charge is 0.394 e. The molecule has 3 rings (SSSR count). The molecule has 0 saturated carbocycles. The van der Waals surface area contributed by atoms with Crippen molar-refractivity contribution in [2.45, 2.75) is 13.3 Å². The molecule has 1 saturated heterocycles. The van der Waals surface area contributed by atoms with Gasteiger partial charge in [0.1, 0.15) is 15.8 Å². The summed E-state index contributed by atoms with van der Waals surface area (Å²) in [6.07, 6.45) is 3.86. The number of nitrogens with zero attached hydrogens (tertiary/aromatic N) is 3. The van der Waals surface area contributed by atoms with Gasteiger partial charge in [0.05, 0.1) is 30.3 Å². The molecule has 0 radical (unpaired) electrons. The normalized spacial score (nSPS) is 15.3. The molecule has 0 atom stereocenters. The van der Waals surface area contributed by atoms with Gasteiger partial charge in [0.25, 0.3) is 11.5 Å². The molecule has 2 aromatic rings. The topological polar surface area (TPSA) is 105 Å². The van der Waals surface area contributed by atoms with Crippen LogP contribution >= 0.6 is 24.0 Å². The van der Waals surface area contributed by atoms with Crippen LogP contribution < -0.4 is 10.9 Å². The van der Waals surface area contributed by atoms with Crippen molar-refractivity contribution in [2.24, 2.45) is 0 Å². The molecule has 1 aliphatic heterocycles. The molecule has 32 heavy (non-hydrogen) atoms. The van der Waals surface area contributed by atoms with Crippen LogP contribution in [0.2, 0.25) is 0 Å². The fourth-order valence-electron chi connectivity index (χ4n) is 3.07. The Morgan fingerprint density at radius 1 is 1.25 bits per heavy atom. The summed E-state index contributed by atoms with van der Waals surface area (Å²) in [7, 11) is 0. The van der Waals surface area contributed by atoms with Crippen molar-refractivity contribution in [3.8, 4) is 0 Å². The monoisotopic (exact) mass is 478 g/mol. The minimum atomic E-state index is -0.295. The molecule has 0 spiro atoms. The van der Waals surface area contributed by atoms with Gasteiger partial charge in [0, 0.05) is 32.5 Å². The lowest BCUT2D eigenvalue weighted by molar-refractivity contribution is -0.122. The Hall–Kier alpha value is -2.31. The molecule has 1 fully saturated rings. The standard InChI is InChI=1S/C21H26N4O5S2/c1-2-29-11-5-9-25-20(28)16(32-21(25)31)14-15-18(22-7-12-30-13-10-26)23-17-6-3-4-8-24(17)19(15)27/h3-4,6,8,14,22,26H,2,5,7,9-13H2,1H3/b16-14+. The third kappa shape index (κ3) is 5.93. The van der Waals surface area contributed by atoms with Crippen molar-refractivity contribution in [2.75, 3.05) is 51.4 Å². The van der Waals surface area contributed by atoms with Crippen LogP contribution in [0.1, 0.15) is 18.9 Å². The van der Waals surface area contributed by atoms with E-state index in [0.717, 1.165) is 0 Å². The smallest absolute Gasteiger partial charge is 0.267 e. The zero-order chi connectivity index (χ0) is 22.9. The van der Waals surface area contributed by atoms with Gasteiger partial charge in [0.15, 0.2) is 0 Å². The van der Waals surface area contributed by atoms with Crippen LogP contribution in [0.5, 0.6) is 0 Å². The summed E-state index contributed by atoms with van der Waals surface area (Å²) < 4.78 is 12.5. The number of anilines is 1. The summed E-state index contributed by atoms with van der Waals surface area (Å²) in [4.78, 5) is 32.6. The summed E-state index contributed by atoms with van der Waals surface area (Å²) in [6.45, 7) is 4.44. The van der Waals surface area contributed by atoms with Crippen molar-refractivity contribution in [1.82, 2.24) is 14.3 Å². The van der Waals surface area contributed by atoms with Crippen molar-refractivity contribution in [1.29, 1.82) is 0 Å². The van der Waals surface area contributed by atoms with E-state index in [1.807, 2.05) is 6.92 Å². The van der Waals surface area contributed by atoms with E-state index in [2.05, 4.69) is 10.3 Å². The molecule has 11 heteroatoms. The molecule has 2 aromatic heterocycles. The van der Waals surface area contributed by atoms with Crippen LogP contribution in [0.3, 0.4) is 0 Å². The van der Waals surface area contributed by atoms with Crippen molar-refractivity contribution in [3.63, 3.8) is 0 Å². The van der Waals surface area contributed by atoms with Gasteiger partial charge in [-0.05, 0) is 31.6 Å². The first-order valence-corrected chi connectivity index (χ1v) is 11.6. The number of carbonyl (C=O) groups is 1. The maximum atomic E-state index is 13.2. The number of hydrogen-bond acceptors (Lipinski definition) is 9. The summed E-state index contributed by atoms with van der Waals surface area (Å²) >= 11 is 6.55. The zero-order valence-corrected chi connectivity index (χ0v) is 19.4. The highest BCUT2D eigenvalue weighted by atomic mass is 32.2. The Morgan fingerprint density at radius 2 is 2.09 bits per heavy atom. The summed E-state index contributed by atoms with van der Waals surface area (Å²) in [6, 6.07) is 5.27. The maximum absolute atomic E-state index is 13.2. The molecule has 0 aliphatic carbocycles. The highest BCUT2D eigenvalue weighted by Crippen LogP contribution is 2.33. The molecule has 1 amide bonds. The number of pyridine rings is 1. The summed E-state index contributed by atoms with van der Waals surface area (Å²) in [5.74, 6) is 0.127. The number of rotatable bonds is 12. The molecule has 0 bridgehead atoms. The molecule has 0 aromatic carbocycles. The number of aromatic nitrogens is 2. The van der Waals surface area contributed by atoms with Crippen LogP contribution in [0.25, 0.3) is 11.7 Å². The third-order valence-electron chi connectivity index (χ3n) is 4.57. The predicted molar refractivity (Wildman–Crippen MR) is 129 cm³/mol. The summed E-state index contributed by atoms with van der Waals surface area (Å²) in [5.41, 5.74) is 0.457. The Bertz CT molecular complexity index is 1060. The van der Waals surface area contributed by atoms with Crippen LogP contribution in [-0.2, 0) is 14.3 Å². The SMILES string of the molecule is CCOCCCN1C(=O)/C(=C\c2c(NCCOCCO)nc3ccccn3c2=O)SC1=S. The van der Waals surface area contributed by atoms with Crippen LogP contribution in [0.4, 0.5) is 5.82 Å². The molecule has 3 heterocycles. The van der Waals surface area contributed by atoms with Gasteiger partial charge in [-0.3, -0.25) is 18.9 Å². The number of thiocarbonyl (C=S) groups is 1. The van der Waals surface area contributed by atoms with E-state index < -0.39 is 0 Å². The van der Waals surface area contributed by atoms with Gasteiger partial charge in [0.2, 0.25) is 0 Å². The number of amides is 1. The third-order valence-corrected chi connectivity index (χ3v) is 5.94. The molecular formula is C21H26N4O5S2. The number of nitrogens with one attached hydrogen (secondary N) is 1. The minimum Gasteiger partial charge on any atom is -0.394 e. The average Bonchev–Trinajstić information content (AvgIpc) is 3.06. The lowest BCUT2D eigenvalue weighted by atomic mass is 10.2. The van der Waals surface area contributed by atoms with E-state index >= 15 is 0 Å². The average molecular weight is 479 g/mol. The van der Waals surface area contributed by atoms with Gasteiger partial charge in [-0.15, -0.1) is 0 Å². The highest BCUT2D eigenvalue weighted by molar-refractivity contribution is 8.26. The lowest BCUT2D eigenvalue weighted by Gasteiger charge is -2.14. The Morgan fingerprint density at radius 3 is 2.88 bits per heavy atom. The second-order valence-electron chi connectivity index (χ2n) is 6.75. The molecule has 0 unspecified atom stereocenters. The second kappa shape index (κ2) is 12.1. The quantitative estimate of drug-likeness (QED) is 0.268. The second-order valence-corrected chi connectivity index (χ2v) is 8.43. The van der Waals surface area contributed by atoms with Gasteiger partial charge in [-0.1, -0.05) is 30.0 Å². The first kappa shape index (κ1) is 24.3. The van der Waals surface area contributed by atoms with E-state index in [-0.39, 0.29) is 30.2 Å². The van der Waals surface area contributed by atoms with E-state index in [1.54, 1.807) is 30.5 Å². The minimum absolute atomic E-state index is 0.0623.